The van der Waals surface area contributed by atoms with Gasteiger partial charge >= 0.3 is 0 Å². The molecule has 1 aliphatic heterocycles. The number of fused-ring (bicyclic) bond motifs is 1. The molecule has 0 bridgehead atoms. The summed E-state index contributed by atoms with van der Waals surface area (Å²) < 4.78 is 10.8. The van der Waals surface area contributed by atoms with Crippen LogP contribution in [0.15, 0.2) is 28.9 Å². The Balaban J connectivity index is 1.68. The third-order valence-electron chi connectivity index (χ3n) is 5.47. The van der Waals surface area contributed by atoms with Crippen molar-refractivity contribution in [3.63, 3.8) is 0 Å². The minimum absolute atomic E-state index is 0.00430. The standard InChI is InChI=1S/C19H25NO4/c1-3-19(13-21)6-8-20(9-7-19)18(22)10-14-12-24-17-11-15(23-2)4-5-16(14)17/h4-5,11-12,21H,3,6-10,13H2,1-2H3. The Morgan fingerprint density at radius 3 is 2.75 bits per heavy atom. The van der Waals surface area contributed by atoms with Crippen LogP contribution in [0.1, 0.15) is 31.7 Å². The zero-order valence-electron chi connectivity index (χ0n) is 14.4. The molecule has 1 fully saturated rings. The second-order valence-corrected chi connectivity index (χ2v) is 6.69. The molecule has 24 heavy (non-hydrogen) atoms. The normalized spacial score (nSPS) is 17.2. The van der Waals surface area contributed by atoms with Gasteiger partial charge in [0.25, 0.3) is 0 Å². The molecular weight excluding hydrogens is 306 g/mol. The predicted octanol–water partition coefficient (Wildman–Crippen LogP) is 3.00. The molecule has 1 saturated heterocycles. The Hall–Kier alpha value is -2.01. The maximum absolute atomic E-state index is 12.6. The van der Waals surface area contributed by atoms with Gasteiger partial charge in [0.2, 0.25) is 5.91 Å². The summed E-state index contributed by atoms with van der Waals surface area (Å²) in [5.74, 6) is 0.863. The Kier molecular flexibility index (Phi) is 4.81. The molecule has 0 radical (unpaired) electrons. The van der Waals surface area contributed by atoms with Crippen LogP contribution in [-0.2, 0) is 11.2 Å². The molecule has 1 aliphatic rings. The van der Waals surface area contributed by atoms with Crippen molar-refractivity contribution in [2.24, 2.45) is 5.41 Å². The maximum Gasteiger partial charge on any atom is 0.227 e. The molecule has 2 aromatic rings. The summed E-state index contributed by atoms with van der Waals surface area (Å²) in [5, 5.41) is 10.6. The molecule has 0 atom stereocenters. The lowest BCUT2D eigenvalue weighted by Crippen LogP contribution is -2.44. The molecular formula is C19H25NO4. The summed E-state index contributed by atoms with van der Waals surface area (Å²) in [6.45, 7) is 3.76. The molecule has 0 unspecified atom stereocenters. The SMILES string of the molecule is CCC1(CO)CCN(C(=O)Cc2coc3cc(OC)ccc23)CC1. The Morgan fingerprint density at radius 2 is 2.12 bits per heavy atom. The van der Waals surface area contributed by atoms with Crippen molar-refractivity contribution in [2.45, 2.75) is 32.6 Å². The van der Waals surface area contributed by atoms with E-state index >= 15 is 0 Å². The van der Waals surface area contributed by atoms with Crippen molar-refractivity contribution in [2.75, 3.05) is 26.8 Å². The van der Waals surface area contributed by atoms with Gasteiger partial charge < -0.3 is 19.2 Å². The number of furan rings is 1. The van der Waals surface area contributed by atoms with E-state index in [4.69, 9.17) is 9.15 Å². The Morgan fingerprint density at radius 1 is 1.38 bits per heavy atom. The van der Waals surface area contributed by atoms with Crippen LogP contribution in [0.3, 0.4) is 0 Å². The highest BCUT2D eigenvalue weighted by molar-refractivity contribution is 5.88. The molecule has 0 aliphatic carbocycles. The van der Waals surface area contributed by atoms with E-state index in [1.807, 2.05) is 23.1 Å². The van der Waals surface area contributed by atoms with Gasteiger partial charge in [0.1, 0.15) is 11.3 Å². The third kappa shape index (κ3) is 3.13. The number of ether oxygens (including phenoxy) is 1. The van der Waals surface area contributed by atoms with Gasteiger partial charge in [-0.1, -0.05) is 6.92 Å². The van der Waals surface area contributed by atoms with Gasteiger partial charge in [-0.3, -0.25) is 4.79 Å². The van der Waals surface area contributed by atoms with Crippen LogP contribution in [-0.4, -0.2) is 42.7 Å². The number of rotatable bonds is 5. The number of carbonyl (C=O) groups is 1. The van der Waals surface area contributed by atoms with Gasteiger partial charge in [-0.05, 0) is 36.8 Å². The number of amides is 1. The summed E-state index contributed by atoms with van der Waals surface area (Å²) in [6, 6.07) is 5.65. The van der Waals surface area contributed by atoms with Crippen LogP contribution in [0.25, 0.3) is 11.0 Å². The fourth-order valence-corrected chi connectivity index (χ4v) is 3.46. The first-order valence-electron chi connectivity index (χ1n) is 8.53. The molecule has 130 valence electrons. The van der Waals surface area contributed by atoms with E-state index in [1.165, 1.54) is 0 Å². The van der Waals surface area contributed by atoms with Gasteiger partial charge in [-0.2, -0.15) is 0 Å². The van der Waals surface area contributed by atoms with Gasteiger partial charge in [-0.25, -0.2) is 0 Å². The van der Waals surface area contributed by atoms with Gasteiger partial charge in [-0.15, -0.1) is 0 Å². The number of nitrogens with zero attached hydrogens (tertiary/aromatic N) is 1. The highest BCUT2D eigenvalue weighted by Crippen LogP contribution is 2.34. The number of methoxy groups -OCH3 is 1. The number of piperidine rings is 1. The van der Waals surface area contributed by atoms with Crippen molar-refractivity contribution < 1.29 is 19.1 Å². The first-order chi connectivity index (χ1) is 11.6. The molecule has 1 aromatic heterocycles. The van der Waals surface area contributed by atoms with E-state index in [9.17, 15) is 9.90 Å². The van der Waals surface area contributed by atoms with Crippen molar-refractivity contribution in [1.82, 2.24) is 4.90 Å². The van der Waals surface area contributed by atoms with E-state index in [0.717, 1.165) is 54.6 Å². The summed E-state index contributed by atoms with van der Waals surface area (Å²) in [7, 11) is 1.62. The second-order valence-electron chi connectivity index (χ2n) is 6.69. The lowest BCUT2D eigenvalue weighted by Gasteiger charge is -2.40. The molecule has 0 saturated carbocycles. The summed E-state index contributed by atoms with van der Waals surface area (Å²) in [4.78, 5) is 14.5. The largest absolute Gasteiger partial charge is 0.497 e. The van der Waals surface area contributed by atoms with Gasteiger partial charge in [0.05, 0.1) is 19.8 Å². The van der Waals surface area contributed by atoms with Crippen LogP contribution in [0, 0.1) is 5.41 Å². The van der Waals surface area contributed by atoms with E-state index in [1.54, 1.807) is 13.4 Å². The number of aliphatic hydroxyl groups excluding tert-OH is 1. The number of hydrogen-bond donors (Lipinski definition) is 1. The molecule has 3 rings (SSSR count). The van der Waals surface area contributed by atoms with Crippen LogP contribution in [0.5, 0.6) is 5.75 Å². The van der Waals surface area contributed by atoms with Gasteiger partial charge in [0.15, 0.2) is 0 Å². The zero-order chi connectivity index (χ0) is 17.2. The minimum Gasteiger partial charge on any atom is -0.497 e. The van der Waals surface area contributed by atoms with Crippen molar-refractivity contribution in [1.29, 1.82) is 0 Å². The van der Waals surface area contributed by atoms with E-state index in [-0.39, 0.29) is 17.9 Å². The Labute approximate surface area is 142 Å². The third-order valence-corrected chi connectivity index (χ3v) is 5.47. The van der Waals surface area contributed by atoms with Crippen molar-refractivity contribution >= 4 is 16.9 Å². The first kappa shape index (κ1) is 16.8. The summed E-state index contributed by atoms with van der Waals surface area (Å²) in [6.07, 6.45) is 4.71. The molecule has 1 amide bonds. The number of likely N-dealkylation sites (tertiary alicyclic amines) is 1. The molecule has 1 N–H and O–H groups in total. The highest BCUT2D eigenvalue weighted by atomic mass is 16.5. The maximum atomic E-state index is 12.6. The smallest absolute Gasteiger partial charge is 0.227 e. The topological polar surface area (TPSA) is 62.9 Å². The zero-order valence-corrected chi connectivity index (χ0v) is 14.4. The average Bonchev–Trinajstić information content (AvgIpc) is 3.03. The van der Waals surface area contributed by atoms with E-state index < -0.39 is 0 Å². The van der Waals surface area contributed by atoms with Crippen LogP contribution in [0.2, 0.25) is 0 Å². The Bertz CT molecular complexity index is 707. The van der Waals surface area contributed by atoms with E-state index in [2.05, 4.69) is 6.92 Å². The lowest BCUT2D eigenvalue weighted by atomic mass is 9.77. The first-order valence-corrected chi connectivity index (χ1v) is 8.53. The summed E-state index contributed by atoms with van der Waals surface area (Å²) in [5.41, 5.74) is 1.64. The van der Waals surface area contributed by atoms with Crippen molar-refractivity contribution in [3.05, 3.63) is 30.0 Å². The molecule has 1 aromatic carbocycles. The molecule has 0 spiro atoms. The molecule has 5 heteroatoms. The van der Waals surface area contributed by atoms with Crippen LogP contribution in [0.4, 0.5) is 0 Å². The molecule has 5 nitrogen and oxygen atoms in total. The lowest BCUT2D eigenvalue weighted by molar-refractivity contribution is -0.133. The van der Waals surface area contributed by atoms with E-state index in [0.29, 0.717) is 6.42 Å². The predicted molar refractivity (Wildman–Crippen MR) is 92.1 cm³/mol. The monoisotopic (exact) mass is 331 g/mol. The minimum atomic E-state index is -0.00430. The van der Waals surface area contributed by atoms with Gasteiger partial charge in [0, 0.05) is 36.7 Å². The van der Waals surface area contributed by atoms with Crippen LogP contribution >= 0.6 is 0 Å². The second kappa shape index (κ2) is 6.85. The summed E-state index contributed by atoms with van der Waals surface area (Å²) >= 11 is 0. The highest BCUT2D eigenvalue weighted by Gasteiger charge is 2.33. The fraction of sp³-hybridized carbons (Fsp3) is 0.526. The fourth-order valence-electron chi connectivity index (χ4n) is 3.46. The van der Waals surface area contributed by atoms with Crippen LogP contribution < -0.4 is 4.74 Å². The average molecular weight is 331 g/mol. The van der Waals surface area contributed by atoms with Crippen molar-refractivity contribution in [3.8, 4) is 5.75 Å². The number of aliphatic hydroxyl groups is 1. The number of hydrogen-bond acceptors (Lipinski definition) is 4. The number of benzene rings is 1. The number of carbonyl (C=O) groups excluding carboxylic acids is 1. The molecule has 2 heterocycles. The quantitative estimate of drug-likeness (QED) is 0.915.